The zero-order chi connectivity index (χ0) is 20.5. The normalized spacial score (nSPS) is 12.0. The van der Waals surface area contributed by atoms with Gasteiger partial charge in [-0.2, -0.15) is 0 Å². The lowest BCUT2D eigenvalue weighted by Crippen LogP contribution is -2.34. The van der Waals surface area contributed by atoms with Gasteiger partial charge in [0.1, 0.15) is 5.82 Å². The van der Waals surface area contributed by atoms with Crippen molar-refractivity contribution in [1.82, 2.24) is 10.2 Å². The first kappa shape index (κ1) is 21.8. The number of carbonyl (C=O) groups excluding carboxylic acids is 2. The van der Waals surface area contributed by atoms with Crippen LogP contribution in [0.25, 0.3) is 0 Å². The molecule has 2 aromatic rings. The topological polar surface area (TPSA) is 49.4 Å². The summed E-state index contributed by atoms with van der Waals surface area (Å²) >= 11 is 0. The molecule has 0 saturated carbocycles. The Labute approximate surface area is 166 Å². The number of ketones is 1. The number of halogens is 1. The molecule has 4 nitrogen and oxygen atoms in total. The number of aryl methyl sites for hydroxylation is 1. The molecule has 1 unspecified atom stereocenters. The molecule has 2 aromatic carbocycles. The maximum Gasteiger partial charge on any atom is 0.220 e. The van der Waals surface area contributed by atoms with Crippen molar-refractivity contribution in [3.63, 3.8) is 0 Å². The molecule has 0 aliphatic rings. The predicted octanol–water partition coefficient (Wildman–Crippen LogP) is 4.16. The molecule has 0 radical (unpaired) electrons. The van der Waals surface area contributed by atoms with Crippen LogP contribution in [0, 0.1) is 5.82 Å². The Balaban J connectivity index is 1.79. The molecule has 150 valence electrons. The molecule has 0 aromatic heterocycles. The van der Waals surface area contributed by atoms with E-state index >= 15 is 0 Å². The molecule has 0 aliphatic carbocycles. The monoisotopic (exact) mass is 384 g/mol. The minimum Gasteiger partial charge on any atom is -0.354 e. The summed E-state index contributed by atoms with van der Waals surface area (Å²) in [6.07, 6.45) is 2.04. The Kier molecular flexibility index (Phi) is 8.33. The van der Waals surface area contributed by atoms with Gasteiger partial charge in [0, 0.05) is 24.9 Å². The summed E-state index contributed by atoms with van der Waals surface area (Å²) in [5.41, 5.74) is 2.93. The first-order chi connectivity index (χ1) is 13.4. The summed E-state index contributed by atoms with van der Waals surface area (Å²) in [5.74, 6) is -0.505. The van der Waals surface area contributed by atoms with Crippen molar-refractivity contribution in [1.29, 1.82) is 0 Å². The highest BCUT2D eigenvalue weighted by Gasteiger charge is 2.15. The number of benzene rings is 2. The van der Waals surface area contributed by atoms with Crippen LogP contribution in [-0.4, -0.2) is 37.2 Å². The van der Waals surface area contributed by atoms with Gasteiger partial charge >= 0.3 is 0 Å². The van der Waals surface area contributed by atoms with E-state index in [-0.39, 0.29) is 30.0 Å². The first-order valence-corrected chi connectivity index (χ1v) is 9.71. The number of hydrogen-bond donors (Lipinski definition) is 1. The van der Waals surface area contributed by atoms with E-state index in [1.165, 1.54) is 29.8 Å². The number of nitrogens with one attached hydrogen (secondary N) is 1. The molecular weight excluding hydrogens is 355 g/mol. The zero-order valence-electron chi connectivity index (χ0n) is 16.9. The highest BCUT2D eigenvalue weighted by molar-refractivity contribution is 5.96. The van der Waals surface area contributed by atoms with Crippen LogP contribution in [0.1, 0.15) is 53.7 Å². The molecule has 1 amide bonds. The molecule has 0 bridgehead atoms. The Morgan fingerprint density at radius 3 is 2.21 bits per heavy atom. The van der Waals surface area contributed by atoms with Gasteiger partial charge in [-0.1, -0.05) is 31.2 Å². The minimum atomic E-state index is -0.365. The van der Waals surface area contributed by atoms with Crippen molar-refractivity contribution >= 4 is 11.7 Å². The summed E-state index contributed by atoms with van der Waals surface area (Å²) in [4.78, 5) is 26.3. The van der Waals surface area contributed by atoms with Gasteiger partial charge < -0.3 is 10.2 Å². The van der Waals surface area contributed by atoms with Crippen molar-refractivity contribution in [3.05, 3.63) is 71.0 Å². The van der Waals surface area contributed by atoms with Crippen LogP contribution >= 0.6 is 0 Å². The third-order valence-electron chi connectivity index (χ3n) is 4.86. The quantitative estimate of drug-likeness (QED) is 0.626. The zero-order valence-corrected chi connectivity index (χ0v) is 16.9. The SMILES string of the molecule is CCc1ccc(C(CNC(=O)CCCC(=O)c2ccc(F)cc2)N(C)C)cc1. The molecule has 0 heterocycles. The van der Waals surface area contributed by atoms with Gasteiger partial charge in [0.15, 0.2) is 5.78 Å². The maximum atomic E-state index is 12.9. The van der Waals surface area contributed by atoms with Gasteiger partial charge in [0.05, 0.1) is 6.04 Å². The number of hydrogen-bond acceptors (Lipinski definition) is 3. The Morgan fingerprint density at radius 2 is 1.64 bits per heavy atom. The molecule has 28 heavy (non-hydrogen) atoms. The first-order valence-electron chi connectivity index (χ1n) is 9.71. The molecule has 0 fully saturated rings. The maximum absolute atomic E-state index is 12.9. The van der Waals surface area contributed by atoms with Crippen LogP contribution in [0.5, 0.6) is 0 Å². The second-order valence-corrected chi connectivity index (χ2v) is 7.16. The Morgan fingerprint density at radius 1 is 1.00 bits per heavy atom. The van der Waals surface area contributed by atoms with E-state index in [0.29, 0.717) is 24.9 Å². The molecule has 0 spiro atoms. The molecule has 5 heteroatoms. The van der Waals surface area contributed by atoms with E-state index in [0.717, 1.165) is 12.0 Å². The number of carbonyl (C=O) groups is 2. The van der Waals surface area contributed by atoms with Gasteiger partial charge in [-0.3, -0.25) is 9.59 Å². The van der Waals surface area contributed by atoms with E-state index in [2.05, 4.69) is 41.4 Å². The summed E-state index contributed by atoms with van der Waals surface area (Å²) in [7, 11) is 3.98. The molecule has 1 atom stereocenters. The van der Waals surface area contributed by atoms with Crippen molar-refractivity contribution in [3.8, 4) is 0 Å². The predicted molar refractivity (Wildman–Crippen MR) is 110 cm³/mol. The van der Waals surface area contributed by atoms with Crippen molar-refractivity contribution < 1.29 is 14.0 Å². The second kappa shape index (κ2) is 10.7. The highest BCUT2D eigenvalue weighted by atomic mass is 19.1. The lowest BCUT2D eigenvalue weighted by Gasteiger charge is -2.25. The number of Topliss-reactive ketones (excluding diaryl/α,β-unsaturated/α-hetero) is 1. The Hall–Kier alpha value is -2.53. The highest BCUT2D eigenvalue weighted by Crippen LogP contribution is 2.18. The second-order valence-electron chi connectivity index (χ2n) is 7.16. The lowest BCUT2D eigenvalue weighted by molar-refractivity contribution is -0.121. The number of likely N-dealkylation sites (N-methyl/N-ethyl adjacent to an activating group) is 1. The van der Waals surface area contributed by atoms with Crippen molar-refractivity contribution in [2.24, 2.45) is 0 Å². The van der Waals surface area contributed by atoms with Crippen LogP contribution in [-0.2, 0) is 11.2 Å². The molecule has 2 rings (SSSR count). The molecule has 1 N–H and O–H groups in total. The standard InChI is InChI=1S/C23H29FN2O2/c1-4-17-8-10-18(11-9-17)21(26(2)3)16-25-23(28)7-5-6-22(27)19-12-14-20(24)15-13-19/h8-15,21H,4-7,16H2,1-3H3,(H,25,28). The van der Waals surface area contributed by atoms with Crippen molar-refractivity contribution in [2.75, 3.05) is 20.6 Å². The van der Waals surface area contributed by atoms with Gasteiger partial charge in [-0.05, 0) is 62.3 Å². The fourth-order valence-electron chi connectivity index (χ4n) is 3.06. The summed E-state index contributed by atoms with van der Waals surface area (Å²) in [6, 6.07) is 14.0. The fourth-order valence-corrected chi connectivity index (χ4v) is 3.06. The summed E-state index contributed by atoms with van der Waals surface area (Å²) in [5, 5.41) is 2.97. The summed E-state index contributed by atoms with van der Waals surface area (Å²) in [6.45, 7) is 2.64. The van der Waals surface area contributed by atoms with Gasteiger partial charge in [0.25, 0.3) is 0 Å². The van der Waals surface area contributed by atoms with Gasteiger partial charge in [-0.15, -0.1) is 0 Å². The fraction of sp³-hybridized carbons (Fsp3) is 0.391. The number of nitrogens with zero attached hydrogens (tertiary/aromatic N) is 1. The molecule has 0 aliphatic heterocycles. The van der Waals surface area contributed by atoms with Crippen LogP contribution < -0.4 is 5.32 Å². The van der Waals surface area contributed by atoms with E-state index in [4.69, 9.17) is 0 Å². The largest absolute Gasteiger partial charge is 0.354 e. The lowest BCUT2D eigenvalue weighted by atomic mass is 10.0. The minimum absolute atomic E-state index is 0.0658. The van der Waals surface area contributed by atoms with Crippen LogP contribution in [0.4, 0.5) is 4.39 Å². The van der Waals surface area contributed by atoms with Crippen LogP contribution in [0.3, 0.4) is 0 Å². The van der Waals surface area contributed by atoms with Crippen molar-refractivity contribution in [2.45, 2.75) is 38.6 Å². The number of rotatable bonds is 10. The molecular formula is C23H29FN2O2. The Bertz CT molecular complexity index is 770. The van der Waals surface area contributed by atoms with E-state index in [9.17, 15) is 14.0 Å². The van der Waals surface area contributed by atoms with E-state index < -0.39 is 0 Å². The van der Waals surface area contributed by atoms with Crippen LogP contribution in [0.2, 0.25) is 0 Å². The van der Waals surface area contributed by atoms with Gasteiger partial charge in [-0.25, -0.2) is 4.39 Å². The third kappa shape index (κ3) is 6.57. The van der Waals surface area contributed by atoms with E-state index in [1.807, 2.05) is 14.1 Å². The van der Waals surface area contributed by atoms with Crippen LogP contribution in [0.15, 0.2) is 48.5 Å². The summed E-state index contributed by atoms with van der Waals surface area (Å²) < 4.78 is 12.9. The van der Waals surface area contributed by atoms with E-state index in [1.54, 1.807) is 0 Å². The smallest absolute Gasteiger partial charge is 0.220 e. The number of amides is 1. The average molecular weight is 384 g/mol. The van der Waals surface area contributed by atoms with Gasteiger partial charge in [0.2, 0.25) is 5.91 Å². The molecule has 0 saturated heterocycles. The third-order valence-corrected chi connectivity index (χ3v) is 4.86. The average Bonchev–Trinajstić information content (AvgIpc) is 2.68.